The number of rotatable bonds is 5. The number of hydrogen-bond donors (Lipinski definition) is 3. The molecule has 0 aliphatic carbocycles. The number of nitrogens with zero attached hydrogens (tertiary/aromatic N) is 6. The van der Waals surface area contributed by atoms with Crippen LogP contribution in [0, 0.1) is 20.8 Å². The lowest BCUT2D eigenvalue weighted by Crippen LogP contribution is -2.18. The van der Waals surface area contributed by atoms with Gasteiger partial charge in [-0.3, -0.25) is 4.68 Å². The summed E-state index contributed by atoms with van der Waals surface area (Å²) >= 11 is 0. The van der Waals surface area contributed by atoms with E-state index in [9.17, 15) is 5.11 Å². The average molecular weight is 433 g/mol. The van der Waals surface area contributed by atoms with Crippen molar-refractivity contribution in [3.63, 3.8) is 0 Å². The third kappa shape index (κ3) is 3.82. The van der Waals surface area contributed by atoms with Gasteiger partial charge in [0.1, 0.15) is 18.0 Å². The predicted molar refractivity (Wildman–Crippen MR) is 125 cm³/mol. The lowest BCUT2D eigenvalue weighted by atomic mass is 9.96. The smallest absolute Gasteiger partial charge is 0.159 e. The maximum Gasteiger partial charge on any atom is 0.159 e. The van der Waals surface area contributed by atoms with Crippen LogP contribution >= 0.6 is 0 Å². The minimum atomic E-state index is -0.995. The number of nitrogen functional groups attached to an aromatic ring is 1. The third-order valence-electron chi connectivity index (χ3n) is 5.49. The molecule has 4 N–H and O–H groups in total. The zero-order valence-electron chi connectivity index (χ0n) is 19.2. The molecule has 0 saturated heterocycles. The number of nitrogens with two attached hydrogens (primary N) is 1. The molecule has 0 unspecified atom stereocenters. The molecule has 0 fully saturated rings. The van der Waals surface area contributed by atoms with Crippen molar-refractivity contribution in [2.24, 2.45) is 7.05 Å². The molecule has 0 saturated carbocycles. The first kappa shape index (κ1) is 21.5. The van der Waals surface area contributed by atoms with Crippen molar-refractivity contribution >= 4 is 17.3 Å². The number of benzene rings is 1. The Morgan fingerprint density at radius 1 is 1.03 bits per heavy atom. The lowest BCUT2D eigenvalue weighted by molar-refractivity contribution is 0.0772. The molecule has 32 heavy (non-hydrogen) atoms. The number of aromatic nitrogens is 6. The summed E-state index contributed by atoms with van der Waals surface area (Å²) in [6.45, 7) is 9.33. The van der Waals surface area contributed by atoms with Crippen molar-refractivity contribution < 1.29 is 5.11 Å². The summed E-state index contributed by atoms with van der Waals surface area (Å²) in [7, 11) is 1.88. The van der Waals surface area contributed by atoms with Gasteiger partial charge in [-0.05, 0) is 46.8 Å². The molecule has 0 amide bonds. The maximum absolute atomic E-state index is 10.5. The van der Waals surface area contributed by atoms with Gasteiger partial charge in [-0.1, -0.05) is 12.1 Å². The Kier molecular flexibility index (Phi) is 5.21. The number of aryl methyl sites for hydroxylation is 2. The van der Waals surface area contributed by atoms with E-state index >= 15 is 0 Å². The molecule has 3 aromatic heterocycles. The Hall–Kier alpha value is -3.72. The second-order valence-corrected chi connectivity index (χ2v) is 8.47. The molecule has 0 spiro atoms. The SMILES string of the molecule is Cc1nn(-c2cc(Nc3c(C)c(-c4ccc(N)cc4)nn3C)ncn2)c(C)c1C(C)(C)O. The van der Waals surface area contributed by atoms with Crippen LogP contribution in [0.2, 0.25) is 0 Å². The molecular formula is C23H28N8O. The Bertz CT molecular complexity index is 1280. The van der Waals surface area contributed by atoms with Gasteiger partial charge in [0.15, 0.2) is 5.82 Å². The zero-order chi connectivity index (χ0) is 23.2. The van der Waals surface area contributed by atoms with Crippen molar-refractivity contribution in [1.82, 2.24) is 29.5 Å². The van der Waals surface area contributed by atoms with E-state index in [1.807, 2.05) is 58.2 Å². The summed E-state index contributed by atoms with van der Waals surface area (Å²) in [5.41, 5.74) is 10.8. The highest BCUT2D eigenvalue weighted by Gasteiger charge is 2.26. The summed E-state index contributed by atoms with van der Waals surface area (Å²) in [5, 5.41) is 23.1. The van der Waals surface area contributed by atoms with Gasteiger partial charge < -0.3 is 16.2 Å². The van der Waals surface area contributed by atoms with Crippen LogP contribution in [0.3, 0.4) is 0 Å². The molecule has 9 heteroatoms. The molecule has 0 bridgehead atoms. The van der Waals surface area contributed by atoms with Crippen LogP contribution < -0.4 is 11.1 Å². The van der Waals surface area contributed by atoms with E-state index in [4.69, 9.17) is 5.73 Å². The Balaban J connectivity index is 1.69. The van der Waals surface area contributed by atoms with Gasteiger partial charge in [0.05, 0.1) is 17.0 Å². The summed E-state index contributed by atoms with van der Waals surface area (Å²) in [6.07, 6.45) is 1.49. The van der Waals surface area contributed by atoms with Crippen LogP contribution in [0.15, 0.2) is 36.7 Å². The van der Waals surface area contributed by atoms with E-state index < -0.39 is 5.60 Å². The fourth-order valence-electron chi connectivity index (χ4n) is 4.12. The van der Waals surface area contributed by atoms with Crippen LogP contribution in [-0.4, -0.2) is 34.6 Å². The van der Waals surface area contributed by atoms with Gasteiger partial charge in [-0.2, -0.15) is 10.2 Å². The Morgan fingerprint density at radius 3 is 2.34 bits per heavy atom. The zero-order valence-corrected chi connectivity index (χ0v) is 19.2. The van der Waals surface area contributed by atoms with Crippen molar-refractivity contribution in [2.75, 3.05) is 11.1 Å². The summed E-state index contributed by atoms with van der Waals surface area (Å²) < 4.78 is 3.52. The highest BCUT2D eigenvalue weighted by atomic mass is 16.3. The van der Waals surface area contributed by atoms with Gasteiger partial charge in [0, 0.05) is 41.2 Å². The molecule has 1 aromatic carbocycles. The van der Waals surface area contributed by atoms with Crippen LogP contribution in [0.4, 0.5) is 17.3 Å². The summed E-state index contributed by atoms with van der Waals surface area (Å²) in [5.74, 6) is 2.05. The number of hydrogen-bond acceptors (Lipinski definition) is 7. The standard InChI is InChI=1S/C23H28N8O/c1-13-21(16-7-9-17(24)10-8-16)29-30(6)22(13)27-18-11-19(26-12-25-18)31-15(3)20(14(2)28-31)23(4,5)32/h7-12,32H,24H2,1-6H3,(H,25,26,27). The quantitative estimate of drug-likeness (QED) is 0.413. The number of anilines is 3. The van der Waals surface area contributed by atoms with E-state index in [1.54, 1.807) is 23.2 Å². The van der Waals surface area contributed by atoms with E-state index in [-0.39, 0.29) is 0 Å². The van der Waals surface area contributed by atoms with E-state index in [0.29, 0.717) is 17.3 Å². The Labute approximate surface area is 186 Å². The summed E-state index contributed by atoms with van der Waals surface area (Å²) in [4.78, 5) is 8.76. The normalized spacial score (nSPS) is 11.7. The van der Waals surface area contributed by atoms with E-state index in [1.165, 1.54) is 6.33 Å². The largest absolute Gasteiger partial charge is 0.399 e. The van der Waals surface area contributed by atoms with Crippen LogP contribution in [0.5, 0.6) is 0 Å². The highest BCUT2D eigenvalue weighted by Crippen LogP contribution is 2.31. The molecule has 0 aliphatic rings. The van der Waals surface area contributed by atoms with Crippen LogP contribution in [0.1, 0.15) is 36.4 Å². The van der Waals surface area contributed by atoms with Crippen molar-refractivity contribution in [2.45, 2.75) is 40.2 Å². The fraction of sp³-hybridized carbons (Fsp3) is 0.304. The minimum Gasteiger partial charge on any atom is -0.399 e. The second-order valence-electron chi connectivity index (χ2n) is 8.47. The summed E-state index contributed by atoms with van der Waals surface area (Å²) in [6, 6.07) is 9.47. The van der Waals surface area contributed by atoms with E-state index in [2.05, 4.69) is 25.5 Å². The molecular weight excluding hydrogens is 404 g/mol. The van der Waals surface area contributed by atoms with E-state index in [0.717, 1.165) is 39.6 Å². The number of aliphatic hydroxyl groups is 1. The van der Waals surface area contributed by atoms with Gasteiger partial charge in [-0.25, -0.2) is 14.6 Å². The van der Waals surface area contributed by atoms with Gasteiger partial charge >= 0.3 is 0 Å². The molecule has 166 valence electrons. The van der Waals surface area contributed by atoms with Crippen molar-refractivity contribution in [1.29, 1.82) is 0 Å². The van der Waals surface area contributed by atoms with Crippen LogP contribution in [-0.2, 0) is 12.6 Å². The lowest BCUT2D eigenvalue weighted by Gasteiger charge is -2.18. The first-order chi connectivity index (χ1) is 15.1. The maximum atomic E-state index is 10.5. The molecule has 4 aromatic rings. The minimum absolute atomic E-state index is 0.608. The third-order valence-corrected chi connectivity index (χ3v) is 5.49. The van der Waals surface area contributed by atoms with Crippen LogP contribution in [0.25, 0.3) is 17.1 Å². The first-order valence-corrected chi connectivity index (χ1v) is 10.3. The molecule has 0 atom stereocenters. The van der Waals surface area contributed by atoms with Gasteiger partial charge in [0.2, 0.25) is 0 Å². The van der Waals surface area contributed by atoms with Crippen molar-refractivity contribution in [3.05, 3.63) is 59.2 Å². The highest BCUT2D eigenvalue weighted by molar-refractivity contribution is 5.72. The first-order valence-electron chi connectivity index (χ1n) is 10.3. The monoisotopic (exact) mass is 432 g/mol. The Morgan fingerprint density at radius 2 is 1.72 bits per heavy atom. The number of nitrogens with one attached hydrogen (secondary N) is 1. The second kappa shape index (κ2) is 7.76. The molecule has 3 heterocycles. The molecule has 0 radical (unpaired) electrons. The predicted octanol–water partition coefficient (Wildman–Crippen LogP) is 3.54. The van der Waals surface area contributed by atoms with Gasteiger partial charge in [-0.15, -0.1) is 0 Å². The topological polar surface area (TPSA) is 120 Å². The van der Waals surface area contributed by atoms with Crippen molar-refractivity contribution in [3.8, 4) is 17.1 Å². The molecule has 4 rings (SSSR count). The van der Waals surface area contributed by atoms with Gasteiger partial charge in [0.25, 0.3) is 0 Å². The fourth-order valence-corrected chi connectivity index (χ4v) is 4.12. The molecule has 0 aliphatic heterocycles. The average Bonchev–Trinajstić information content (AvgIpc) is 3.18. The molecule has 9 nitrogen and oxygen atoms in total.